The van der Waals surface area contributed by atoms with Crippen LogP contribution in [-0.2, 0) is 11.8 Å². The number of rotatable bonds is 2. The summed E-state index contributed by atoms with van der Waals surface area (Å²) in [6, 6.07) is 3.68. The smallest absolute Gasteiger partial charge is 0.143 e. The maximum atomic E-state index is 10.2. The second-order valence-corrected chi connectivity index (χ2v) is 2.55. The minimum absolute atomic E-state index is 0.514. The van der Waals surface area contributed by atoms with Gasteiger partial charge in [0, 0.05) is 18.9 Å². The van der Waals surface area contributed by atoms with Gasteiger partial charge in [0.15, 0.2) is 0 Å². The number of nitrogens with zero attached hydrogens (tertiary/aromatic N) is 1. The highest BCUT2D eigenvalue weighted by molar-refractivity contribution is 6.27. The van der Waals surface area contributed by atoms with Crippen molar-refractivity contribution in [2.75, 3.05) is 0 Å². The van der Waals surface area contributed by atoms with Crippen LogP contribution in [0.5, 0.6) is 0 Å². The average molecular weight is 158 g/mol. The Balaban J connectivity index is 2.92. The number of carbonyl (C=O) groups excluding carboxylic acids is 1. The van der Waals surface area contributed by atoms with E-state index < -0.39 is 5.38 Å². The molecule has 3 heteroatoms. The van der Waals surface area contributed by atoms with E-state index in [2.05, 4.69) is 0 Å². The van der Waals surface area contributed by atoms with E-state index in [1.807, 2.05) is 29.9 Å². The fourth-order valence-corrected chi connectivity index (χ4v) is 1.06. The molecule has 0 N–H and O–H groups in total. The number of hydrogen-bond acceptors (Lipinski definition) is 1. The van der Waals surface area contributed by atoms with Crippen molar-refractivity contribution in [3.8, 4) is 0 Å². The third-order valence-corrected chi connectivity index (χ3v) is 1.71. The normalized spacial score (nSPS) is 13.0. The minimum atomic E-state index is -0.514. The summed E-state index contributed by atoms with van der Waals surface area (Å²) in [5.74, 6) is 0. The third-order valence-electron chi connectivity index (χ3n) is 1.39. The van der Waals surface area contributed by atoms with Crippen LogP contribution in [0.2, 0.25) is 0 Å². The molecule has 0 spiro atoms. The van der Waals surface area contributed by atoms with Crippen molar-refractivity contribution in [2.24, 2.45) is 7.05 Å². The van der Waals surface area contributed by atoms with Crippen LogP contribution in [0.3, 0.4) is 0 Å². The average Bonchev–Trinajstić information content (AvgIpc) is 2.34. The van der Waals surface area contributed by atoms with Gasteiger partial charge in [0.1, 0.15) is 11.7 Å². The Morgan fingerprint density at radius 2 is 2.50 bits per heavy atom. The summed E-state index contributed by atoms with van der Waals surface area (Å²) in [4.78, 5) is 10.2. The summed E-state index contributed by atoms with van der Waals surface area (Å²) in [6.45, 7) is 0. The molecule has 1 heterocycles. The zero-order chi connectivity index (χ0) is 7.56. The zero-order valence-corrected chi connectivity index (χ0v) is 6.38. The zero-order valence-electron chi connectivity index (χ0n) is 5.62. The van der Waals surface area contributed by atoms with Gasteiger partial charge in [-0.25, -0.2) is 0 Å². The molecular formula is C7H8ClNO. The third kappa shape index (κ3) is 1.21. The van der Waals surface area contributed by atoms with Gasteiger partial charge < -0.3 is 9.36 Å². The molecule has 0 aromatic carbocycles. The number of halogens is 1. The van der Waals surface area contributed by atoms with Crippen molar-refractivity contribution >= 4 is 17.9 Å². The van der Waals surface area contributed by atoms with E-state index in [9.17, 15) is 4.79 Å². The lowest BCUT2D eigenvalue weighted by Gasteiger charge is -2.01. The van der Waals surface area contributed by atoms with Gasteiger partial charge in [-0.15, -0.1) is 11.6 Å². The van der Waals surface area contributed by atoms with E-state index in [0.29, 0.717) is 0 Å². The summed E-state index contributed by atoms with van der Waals surface area (Å²) < 4.78 is 1.83. The quantitative estimate of drug-likeness (QED) is 0.471. The molecule has 10 heavy (non-hydrogen) atoms. The molecule has 1 rings (SSSR count). The summed E-state index contributed by atoms with van der Waals surface area (Å²) in [5.41, 5.74) is 0.830. The van der Waals surface area contributed by atoms with Gasteiger partial charge in [-0.05, 0) is 12.1 Å². The lowest BCUT2D eigenvalue weighted by Crippen LogP contribution is -1.98. The van der Waals surface area contributed by atoms with Crippen molar-refractivity contribution in [1.82, 2.24) is 4.57 Å². The predicted molar refractivity (Wildman–Crippen MR) is 40.1 cm³/mol. The molecule has 1 atom stereocenters. The number of aldehydes is 1. The van der Waals surface area contributed by atoms with Gasteiger partial charge in [-0.1, -0.05) is 0 Å². The Morgan fingerprint density at radius 1 is 1.80 bits per heavy atom. The molecular weight excluding hydrogens is 150 g/mol. The topological polar surface area (TPSA) is 22.0 Å². The number of carbonyl (C=O) groups is 1. The van der Waals surface area contributed by atoms with Crippen LogP contribution in [0.1, 0.15) is 11.1 Å². The van der Waals surface area contributed by atoms with Crippen LogP contribution in [0.4, 0.5) is 0 Å². The van der Waals surface area contributed by atoms with Gasteiger partial charge in [0.2, 0.25) is 0 Å². The molecule has 1 aromatic rings. The Bertz CT molecular complexity index is 231. The standard InChI is InChI=1S/C7H8ClNO/c1-9-4-2-3-7(9)6(8)5-10/h2-6H,1H3. The predicted octanol–water partition coefficient (Wildman–Crippen LogP) is 1.50. The molecule has 0 saturated carbocycles. The van der Waals surface area contributed by atoms with Crippen molar-refractivity contribution in [1.29, 1.82) is 0 Å². The van der Waals surface area contributed by atoms with Gasteiger partial charge >= 0.3 is 0 Å². The fraction of sp³-hybridized carbons (Fsp3) is 0.286. The first-order valence-corrected chi connectivity index (χ1v) is 3.40. The molecule has 2 nitrogen and oxygen atoms in total. The van der Waals surface area contributed by atoms with Crippen molar-refractivity contribution < 1.29 is 4.79 Å². The lowest BCUT2D eigenvalue weighted by atomic mass is 10.3. The molecule has 0 radical (unpaired) electrons. The van der Waals surface area contributed by atoms with Gasteiger partial charge in [-0.3, -0.25) is 0 Å². The maximum absolute atomic E-state index is 10.2. The van der Waals surface area contributed by atoms with E-state index in [-0.39, 0.29) is 0 Å². The number of aromatic nitrogens is 1. The van der Waals surface area contributed by atoms with Crippen LogP contribution in [0.25, 0.3) is 0 Å². The van der Waals surface area contributed by atoms with Crippen molar-refractivity contribution in [3.63, 3.8) is 0 Å². The fourth-order valence-electron chi connectivity index (χ4n) is 0.831. The first-order valence-electron chi connectivity index (χ1n) is 2.96. The molecule has 0 bridgehead atoms. The van der Waals surface area contributed by atoms with E-state index in [1.165, 1.54) is 0 Å². The molecule has 0 fully saturated rings. The second-order valence-electron chi connectivity index (χ2n) is 2.08. The molecule has 0 aliphatic rings. The highest BCUT2D eigenvalue weighted by Crippen LogP contribution is 2.16. The molecule has 1 aromatic heterocycles. The summed E-state index contributed by atoms with van der Waals surface area (Å²) in [5, 5.41) is -0.514. The van der Waals surface area contributed by atoms with E-state index in [4.69, 9.17) is 11.6 Å². The van der Waals surface area contributed by atoms with Crippen molar-refractivity contribution in [2.45, 2.75) is 5.38 Å². The van der Waals surface area contributed by atoms with Gasteiger partial charge in [-0.2, -0.15) is 0 Å². The number of aryl methyl sites for hydroxylation is 1. The monoisotopic (exact) mass is 157 g/mol. The first kappa shape index (κ1) is 7.35. The molecule has 0 saturated heterocycles. The van der Waals surface area contributed by atoms with E-state index >= 15 is 0 Å². The van der Waals surface area contributed by atoms with Crippen LogP contribution in [-0.4, -0.2) is 10.9 Å². The Morgan fingerprint density at radius 3 is 2.90 bits per heavy atom. The van der Waals surface area contributed by atoms with Crippen molar-refractivity contribution in [3.05, 3.63) is 24.0 Å². The van der Waals surface area contributed by atoms with Crippen LogP contribution < -0.4 is 0 Å². The van der Waals surface area contributed by atoms with Gasteiger partial charge in [0.05, 0.1) is 0 Å². The lowest BCUT2D eigenvalue weighted by molar-refractivity contribution is -0.107. The molecule has 1 unspecified atom stereocenters. The summed E-state index contributed by atoms with van der Waals surface area (Å²) >= 11 is 5.65. The van der Waals surface area contributed by atoms with Gasteiger partial charge in [0.25, 0.3) is 0 Å². The molecule has 54 valence electrons. The molecule has 0 aliphatic carbocycles. The van der Waals surface area contributed by atoms with Crippen LogP contribution >= 0.6 is 11.6 Å². The number of hydrogen-bond donors (Lipinski definition) is 0. The maximum Gasteiger partial charge on any atom is 0.143 e. The molecule has 0 amide bonds. The Kier molecular flexibility index (Phi) is 2.12. The van der Waals surface area contributed by atoms with Crippen LogP contribution in [0, 0.1) is 0 Å². The Labute approximate surface area is 64.4 Å². The highest BCUT2D eigenvalue weighted by Gasteiger charge is 2.07. The van der Waals surface area contributed by atoms with E-state index in [1.54, 1.807) is 0 Å². The molecule has 0 aliphatic heterocycles. The number of alkyl halides is 1. The first-order chi connectivity index (χ1) is 4.75. The SMILES string of the molecule is Cn1cccc1C(Cl)C=O. The highest BCUT2D eigenvalue weighted by atomic mass is 35.5. The Hall–Kier alpha value is -0.760. The summed E-state index contributed by atoms with van der Waals surface area (Å²) in [7, 11) is 1.86. The van der Waals surface area contributed by atoms with E-state index in [0.717, 1.165) is 12.0 Å². The second kappa shape index (κ2) is 2.88. The largest absolute Gasteiger partial charge is 0.353 e. The van der Waals surface area contributed by atoms with Crippen LogP contribution in [0.15, 0.2) is 18.3 Å². The minimum Gasteiger partial charge on any atom is -0.353 e. The summed E-state index contributed by atoms with van der Waals surface area (Å²) in [6.07, 6.45) is 2.57.